The fourth-order valence-corrected chi connectivity index (χ4v) is 3.88. The van der Waals surface area contributed by atoms with Crippen molar-refractivity contribution in [3.63, 3.8) is 0 Å². The lowest BCUT2D eigenvalue weighted by molar-refractivity contribution is 0.0728. The highest BCUT2D eigenvalue weighted by Crippen LogP contribution is 2.22. The Bertz CT molecular complexity index is 1070. The number of carbonyl (C=O) groups excluding carboxylic acids is 1. The summed E-state index contributed by atoms with van der Waals surface area (Å²) in [6.45, 7) is 3.92. The van der Waals surface area contributed by atoms with Crippen molar-refractivity contribution in [2.75, 3.05) is 6.54 Å². The first kappa shape index (κ1) is 18.4. The van der Waals surface area contributed by atoms with E-state index in [0.717, 1.165) is 25.7 Å². The molecule has 1 amide bonds. The van der Waals surface area contributed by atoms with E-state index in [1.807, 2.05) is 35.2 Å². The van der Waals surface area contributed by atoms with E-state index in [9.17, 15) is 9.59 Å². The molecule has 4 rings (SSSR count). The largest absolute Gasteiger partial charge is 0.333 e. The quantitative estimate of drug-likeness (QED) is 0.638. The van der Waals surface area contributed by atoms with E-state index in [4.69, 9.17) is 0 Å². The van der Waals surface area contributed by atoms with Gasteiger partial charge in [-0.15, -0.1) is 0 Å². The highest BCUT2D eigenvalue weighted by molar-refractivity contribution is 6.04. The number of hydrogen-bond donors (Lipinski definition) is 0. The smallest absolute Gasteiger partial charge is 0.275 e. The Kier molecular flexibility index (Phi) is 5.24. The van der Waals surface area contributed by atoms with E-state index in [1.54, 1.807) is 6.07 Å². The van der Waals surface area contributed by atoms with Gasteiger partial charge in [-0.2, -0.15) is 5.10 Å². The van der Waals surface area contributed by atoms with Crippen LogP contribution in [0.25, 0.3) is 10.8 Å². The van der Waals surface area contributed by atoms with Crippen LogP contribution in [0.3, 0.4) is 0 Å². The first-order chi connectivity index (χ1) is 13.7. The normalized spacial score (nSPS) is 13.5. The number of aromatic nitrogens is 2. The van der Waals surface area contributed by atoms with Crippen LogP contribution < -0.4 is 5.56 Å². The van der Waals surface area contributed by atoms with Gasteiger partial charge in [0.05, 0.1) is 5.39 Å². The topological polar surface area (TPSA) is 55.2 Å². The second-order valence-electron chi connectivity index (χ2n) is 7.38. The highest BCUT2D eigenvalue weighted by atomic mass is 16.2. The van der Waals surface area contributed by atoms with Crippen LogP contribution >= 0.6 is 0 Å². The van der Waals surface area contributed by atoms with Crippen LogP contribution in [-0.2, 0) is 19.5 Å². The van der Waals surface area contributed by atoms with Gasteiger partial charge < -0.3 is 4.90 Å². The van der Waals surface area contributed by atoms with Gasteiger partial charge in [0, 0.05) is 25.0 Å². The summed E-state index contributed by atoms with van der Waals surface area (Å²) in [6, 6.07) is 15.6. The highest BCUT2D eigenvalue weighted by Gasteiger charge is 2.25. The van der Waals surface area contributed by atoms with Crippen molar-refractivity contribution in [3.05, 3.63) is 75.7 Å². The molecule has 0 N–H and O–H groups in total. The van der Waals surface area contributed by atoms with E-state index in [1.165, 1.54) is 15.8 Å². The predicted octanol–water partition coefficient (Wildman–Crippen LogP) is 3.79. The molecule has 0 aliphatic carbocycles. The lowest BCUT2D eigenvalue weighted by Crippen LogP contribution is -2.38. The monoisotopic (exact) mass is 375 g/mol. The fraction of sp³-hybridized carbons (Fsp3) is 0.348. The number of benzene rings is 2. The molecule has 0 fully saturated rings. The molecule has 0 radical (unpaired) electrons. The van der Waals surface area contributed by atoms with Crippen LogP contribution in [0.4, 0.5) is 0 Å². The zero-order valence-corrected chi connectivity index (χ0v) is 16.2. The average Bonchev–Trinajstić information content (AvgIpc) is 2.75. The van der Waals surface area contributed by atoms with Crippen molar-refractivity contribution < 1.29 is 4.79 Å². The SMILES string of the molecule is CCCCCn1nc(C(=O)N2CCc3ccccc3C2)c2ccccc2c1=O. The molecule has 0 spiro atoms. The van der Waals surface area contributed by atoms with Crippen LogP contribution in [0.2, 0.25) is 0 Å². The predicted molar refractivity (Wildman–Crippen MR) is 110 cm³/mol. The minimum absolute atomic E-state index is 0.102. The molecule has 1 aliphatic rings. The molecule has 28 heavy (non-hydrogen) atoms. The number of hydrogen-bond acceptors (Lipinski definition) is 3. The maximum atomic E-state index is 13.4. The van der Waals surface area contributed by atoms with Crippen molar-refractivity contribution in [2.24, 2.45) is 0 Å². The zero-order valence-electron chi connectivity index (χ0n) is 16.2. The summed E-state index contributed by atoms with van der Waals surface area (Å²) in [4.78, 5) is 28.0. The number of amides is 1. The Labute approximate surface area is 164 Å². The summed E-state index contributed by atoms with van der Waals surface area (Å²) in [5, 5.41) is 5.72. The number of nitrogens with zero attached hydrogens (tertiary/aromatic N) is 3. The second kappa shape index (κ2) is 7.97. The van der Waals surface area contributed by atoms with Gasteiger partial charge in [0.25, 0.3) is 11.5 Å². The lowest BCUT2D eigenvalue weighted by atomic mass is 9.99. The summed E-state index contributed by atoms with van der Waals surface area (Å²) < 4.78 is 1.48. The van der Waals surface area contributed by atoms with Gasteiger partial charge in [-0.3, -0.25) is 9.59 Å². The molecular weight excluding hydrogens is 350 g/mol. The summed E-state index contributed by atoms with van der Waals surface area (Å²) in [5.41, 5.74) is 2.75. The van der Waals surface area contributed by atoms with Crippen LogP contribution in [-0.4, -0.2) is 27.1 Å². The van der Waals surface area contributed by atoms with E-state index >= 15 is 0 Å². The van der Waals surface area contributed by atoms with Gasteiger partial charge in [0.2, 0.25) is 0 Å². The summed E-state index contributed by atoms with van der Waals surface area (Å²) >= 11 is 0. The van der Waals surface area contributed by atoms with Gasteiger partial charge in [-0.25, -0.2) is 4.68 Å². The molecule has 2 aromatic carbocycles. The molecule has 5 heteroatoms. The van der Waals surface area contributed by atoms with E-state index in [2.05, 4.69) is 24.2 Å². The third-order valence-corrected chi connectivity index (χ3v) is 5.46. The van der Waals surface area contributed by atoms with Crippen LogP contribution in [0.5, 0.6) is 0 Å². The van der Waals surface area contributed by atoms with Gasteiger partial charge in [0.1, 0.15) is 0 Å². The Balaban J connectivity index is 1.72. The molecule has 144 valence electrons. The van der Waals surface area contributed by atoms with Crippen molar-refractivity contribution in [2.45, 2.75) is 45.7 Å². The third-order valence-electron chi connectivity index (χ3n) is 5.46. The zero-order chi connectivity index (χ0) is 19.5. The molecular formula is C23H25N3O2. The Morgan fingerprint density at radius 2 is 1.71 bits per heavy atom. The van der Waals surface area contributed by atoms with E-state index < -0.39 is 0 Å². The Morgan fingerprint density at radius 1 is 1.00 bits per heavy atom. The number of fused-ring (bicyclic) bond motifs is 2. The molecule has 0 saturated heterocycles. The number of carbonyl (C=O) groups is 1. The first-order valence-electron chi connectivity index (χ1n) is 10.0. The minimum Gasteiger partial charge on any atom is -0.333 e. The Morgan fingerprint density at radius 3 is 2.50 bits per heavy atom. The fourth-order valence-electron chi connectivity index (χ4n) is 3.88. The summed E-state index contributed by atoms with van der Waals surface area (Å²) in [7, 11) is 0. The van der Waals surface area contributed by atoms with Gasteiger partial charge in [-0.05, 0) is 30.0 Å². The van der Waals surface area contributed by atoms with Gasteiger partial charge in [-0.1, -0.05) is 62.2 Å². The van der Waals surface area contributed by atoms with Crippen LogP contribution in [0.15, 0.2) is 53.3 Å². The van der Waals surface area contributed by atoms with Crippen LogP contribution in [0, 0.1) is 0 Å². The number of rotatable bonds is 5. The molecule has 0 unspecified atom stereocenters. The summed E-state index contributed by atoms with van der Waals surface area (Å²) in [5.74, 6) is -0.102. The second-order valence-corrected chi connectivity index (χ2v) is 7.38. The number of unbranched alkanes of at least 4 members (excludes halogenated alkanes) is 2. The standard InChI is InChI=1S/C23H25N3O2/c1-2-3-8-14-26-22(27)20-12-7-6-11-19(20)21(24-26)23(28)25-15-13-17-9-4-5-10-18(17)16-25/h4-7,9-12H,2-3,8,13-16H2,1H3. The molecule has 5 nitrogen and oxygen atoms in total. The summed E-state index contributed by atoms with van der Waals surface area (Å²) in [6.07, 6.45) is 3.83. The van der Waals surface area contributed by atoms with Gasteiger partial charge >= 0.3 is 0 Å². The first-order valence-corrected chi connectivity index (χ1v) is 10.0. The molecule has 1 aliphatic heterocycles. The molecule has 0 bridgehead atoms. The molecule has 2 heterocycles. The maximum Gasteiger partial charge on any atom is 0.275 e. The Hall–Kier alpha value is -2.95. The third kappa shape index (κ3) is 3.44. The molecule has 0 saturated carbocycles. The van der Waals surface area contributed by atoms with Gasteiger partial charge in [0.15, 0.2) is 5.69 Å². The van der Waals surface area contributed by atoms with Crippen molar-refractivity contribution >= 4 is 16.7 Å². The van der Waals surface area contributed by atoms with E-state index in [-0.39, 0.29) is 11.5 Å². The van der Waals surface area contributed by atoms with Crippen molar-refractivity contribution in [3.8, 4) is 0 Å². The molecule has 1 aromatic heterocycles. The van der Waals surface area contributed by atoms with Crippen molar-refractivity contribution in [1.82, 2.24) is 14.7 Å². The van der Waals surface area contributed by atoms with E-state index in [0.29, 0.717) is 36.1 Å². The maximum absolute atomic E-state index is 13.4. The molecule has 0 atom stereocenters. The molecule has 3 aromatic rings. The van der Waals surface area contributed by atoms with Crippen LogP contribution in [0.1, 0.15) is 47.8 Å². The average molecular weight is 375 g/mol. The van der Waals surface area contributed by atoms with Crippen molar-refractivity contribution in [1.29, 1.82) is 0 Å². The lowest BCUT2D eigenvalue weighted by Gasteiger charge is -2.29. The number of aryl methyl sites for hydroxylation is 1. The minimum atomic E-state index is -0.118.